The summed E-state index contributed by atoms with van der Waals surface area (Å²) in [6, 6.07) is 0. The summed E-state index contributed by atoms with van der Waals surface area (Å²) in [7, 11) is 0. The van der Waals surface area contributed by atoms with Crippen molar-refractivity contribution in [3.05, 3.63) is 11.6 Å². The lowest BCUT2D eigenvalue weighted by atomic mass is 9.47. The maximum atomic E-state index is 14.0. The Balaban J connectivity index is 1.19. The van der Waals surface area contributed by atoms with Gasteiger partial charge in [0, 0.05) is 24.7 Å². The van der Waals surface area contributed by atoms with Gasteiger partial charge in [0.25, 0.3) is 0 Å². The van der Waals surface area contributed by atoms with Crippen molar-refractivity contribution in [1.29, 1.82) is 0 Å². The van der Waals surface area contributed by atoms with Gasteiger partial charge in [-0.1, -0.05) is 187 Å². The van der Waals surface area contributed by atoms with E-state index in [1.54, 1.807) is 0 Å². The summed E-state index contributed by atoms with van der Waals surface area (Å²) in [5, 5.41) is 0. The molecule has 0 spiro atoms. The number of carbonyl (C=O) groups is 4. The highest BCUT2D eigenvalue weighted by Crippen LogP contribution is 2.65. The Morgan fingerprint density at radius 3 is 1.48 bits per heavy atom. The van der Waals surface area contributed by atoms with Crippen LogP contribution in [0.25, 0.3) is 0 Å². The Kier molecular flexibility index (Phi) is 24.8. The Bertz CT molecular complexity index is 1290. The first kappa shape index (κ1) is 52.4. The monoisotopic (exact) mass is 867 g/mol. The van der Waals surface area contributed by atoms with Gasteiger partial charge in [0.1, 0.15) is 25.2 Å². The molecule has 0 saturated heterocycles. The van der Waals surface area contributed by atoms with Crippen LogP contribution in [0.1, 0.15) is 259 Å². The second-order valence-electron chi connectivity index (χ2n) is 21.1. The molecule has 0 aromatic heterocycles. The lowest BCUT2D eigenvalue weighted by Crippen LogP contribution is -2.52. The first-order valence-electron chi connectivity index (χ1n) is 26.9. The van der Waals surface area contributed by atoms with Crippen molar-refractivity contribution >= 4 is 23.7 Å². The number of carbonyl (C=O) groups excluding carboxylic acids is 4. The van der Waals surface area contributed by atoms with E-state index in [1.165, 1.54) is 134 Å². The van der Waals surface area contributed by atoms with E-state index < -0.39 is 11.9 Å². The van der Waals surface area contributed by atoms with E-state index in [2.05, 4.69) is 27.7 Å². The largest absolute Gasteiger partial charge is 0.465 e. The van der Waals surface area contributed by atoms with Gasteiger partial charge in [0.15, 0.2) is 5.78 Å². The number of fused-ring (bicyclic) bond motifs is 5. The van der Waals surface area contributed by atoms with Crippen LogP contribution in [0.5, 0.6) is 0 Å². The van der Waals surface area contributed by atoms with Crippen molar-refractivity contribution in [2.45, 2.75) is 265 Å². The van der Waals surface area contributed by atoms with Crippen molar-refractivity contribution in [2.75, 3.05) is 13.2 Å². The molecule has 3 fully saturated rings. The number of unbranched alkanes of at least 4 members (excludes halogenated alkanes) is 24. The minimum Gasteiger partial charge on any atom is -0.465 e. The number of ether oxygens (including phenoxy) is 3. The van der Waals surface area contributed by atoms with Gasteiger partial charge < -0.3 is 14.2 Å². The molecule has 0 amide bonds. The maximum Gasteiger partial charge on any atom is 0.316 e. The van der Waals surface area contributed by atoms with Crippen LogP contribution in [0.15, 0.2) is 11.6 Å². The van der Waals surface area contributed by atoms with Gasteiger partial charge in [-0.3, -0.25) is 19.2 Å². The zero-order valence-electron chi connectivity index (χ0n) is 40.7. The molecule has 0 aromatic rings. The molecule has 0 heterocycles. The number of rotatable bonds is 34. The Morgan fingerprint density at radius 2 is 1.02 bits per heavy atom. The quantitative estimate of drug-likeness (QED) is 0.0361. The molecule has 0 bridgehead atoms. The molecule has 7 nitrogen and oxygen atoms in total. The normalized spacial score (nSPS) is 25.5. The molecular weight excluding hydrogens is 773 g/mol. The van der Waals surface area contributed by atoms with Crippen LogP contribution < -0.4 is 0 Å². The lowest BCUT2D eigenvalue weighted by Gasteiger charge is -2.57. The molecule has 6 atom stereocenters. The van der Waals surface area contributed by atoms with Crippen molar-refractivity contribution < 1.29 is 33.4 Å². The fraction of sp³-hybridized carbons (Fsp3) is 0.891. The lowest BCUT2D eigenvalue weighted by molar-refractivity contribution is -0.171. The van der Waals surface area contributed by atoms with Gasteiger partial charge in [-0.2, -0.15) is 0 Å². The van der Waals surface area contributed by atoms with Crippen LogP contribution >= 0.6 is 0 Å². The van der Waals surface area contributed by atoms with Gasteiger partial charge in [-0.15, -0.1) is 0 Å². The summed E-state index contributed by atoms with van der Waals surface area (Å²) in [5.41, 5.74) is 1.36. The molecule has 4 aliphatic carbocycles. The first-order chi connectivity index (χ1) is 30.1. The summed E-state index contributed by atoms with van der Waals surface area (Å²) in [6.07, 6.45) is 42.5. The summed E-state index contributed by atoms with van der Waals surface area (Å²) < 4.78 is 17.9. The standard InChI is InChI=1S/C55H94O7/c1-5-7-9-11-13-15-17-19-21-23-25-27-29-31-51(57)60-42-44(43-61-52(58)32-30-28-26-24-22-20-18-16-14-12-10-8-6-2)53(59)62-50-36-35-48-47-34-33-45-41-46(56)37-39-54(45,3)49(47)38-40-55(48,50)4/h41,44,47-50H,5-40,42-43H2,1-4H3/t47-,48-,49-,50-,54-,55-/m0/s1. The van der Waals surface area contributed by atoms with Crippen LogP contribution in [0, 0.1) is 34.5 Å². The SMILES string of the molecule is CCCCCCCCCCCCCCCC(=O)OCC(COC(=O)CCCCCCCCCCCCCCC)C(=O)O[C@H]1CC[C@H]2[C@@H]3CCC4=CC(=O)CC[C@]4(C)[C@H]3CC[C@]12C. The van der Waals surface area contributed by atoms with E-state index in [0.717, 1.165) is 83.5 Å². The molecule has 0 aromatic carbocycles. The molecule has 4 aliphatic rings. The molecule has 356 valence electrons. The van der Waals surface area contributed by atoms with E-state index in [0.29, 0.717) is 37.0 Å². The Morgan fingerprint density at radius 1 is 0.565 bits per heavy atom. The fourth-order valence-electron chi connectivity index (χ4n) is 12.2. The second-order valence-corrected chi connectivity index (χ2v) is 21.1. The molecule has 0 unspecified atom stereocenters. The first-order valence-corrected chi connectivity index (χ1v) is 26.9. The predicted octanol–water partition coefficient (Wildman–Crippen LogP) is 15.1. The van der Waals surface area contributed by atoms with Crippen molar-refractivity contribution in [2.24, 2.45) is 34.5 Å². The van der Waals surface area contributed by atoms with Crippen LogP contribution in [-0.4, -0.2) is 43.0 Å². The van der Waals surface area contributed by atoms with Gasteiger partial charge >= 0.3 is 17.9 Å². The van der Waals surface area contributed by atoms with Crippen LogP contribution in [0.2, 0.25) is 0 Å². The number of allylic oxidation sites excluding steroid dienone is 1. The van der Waals surface area contributed by atoms with Crippen molar-refractivity contribution in [3.63, 3.8) is 0 Å². The van der Waals surface area contributed by atoms with Gasteiger partial charge in [0.05, 0.1) is 0 Å². The molecule has 0 N–H and O–H groups in total. The van der Waals surface area contributed by atoms with Gasteiger partial charge in [-0.05, 0) is 87.0 Å². The minimum absolute atomic E-state index is 0.103. The Labute approximate surface area is 380 Å². The highest BCUT2D eigenvalue weighted by Gasteiger charge is 2.60. The summed E-state index contributed by atoms with van der Waals surface area (Å²) in [6.45, 7) is 9.03. The van der Waals surface area contributed by atoms with E-state index in [9.17, 15) is 19.2 Å². The third kappa shape index (κ3) is 17.3. The van der Waals surface area contributed by atoms with Crippen molar-refractivity contribution in [1.82, 2.24) is 0 Å². The zero-order valence-corrected chi connectivity index (χ0v) is 40.7. The zero-order chi connectivity index (χ0) is 44.5. The molecule has 4 rings (SSSR count). The third-order valence-electron chi connectivity index (χ3n) is 16.3. The summed E-state index contributed by atoms with van der Waals surface area (Å²) in [5.74, 6) is 0.0759. The van der Waals surface area contributed by atoms with Crippen molar-refractivity contribution in [3.8, 4) is 0 Å². The third-order valence-corrected chi connectivity index (χ3v) is 16.3. The number of esters is 3. The maximum absolute atomic E-state index is 14.0. The smallest absolute Gasteiger partial charge is 0.316 e. The van der Waals surface area contributed by atoms with E-state index >= 15 is 0 Å². The summed E-state index contributed by atoms with van der Waals surface area (Å²) in [4.78, 5) is 52.2. The van der Waals surface area contributed by atoms with Gasteiger partial charge in [-0.25, -0.2) is 0 Å². The highest BCUT2D eigenvalue weighted by atomic mass is 16.6. The molecule has 0 radical (unpaired) electrons. The number of ketones is 1. The molecule has 62 heavy (non-hydrogen) atoms. The van der Waals surface area contributed by atoms with E-state index in [1.807, 2.05) is 6.08 Å². The van der Waals surface area contributed by atoms with Crippen LogP contribution in [0.4, 0.5) is 0 Å². The highest BCUT2D eigenvalue weighted by molar-refractivity contribution is 5.91. The number of hydrogen-bond donors (Lipinski definition) is 0. The van der Waals surface area contributed by atoms with E-state index in [4.69, 9.17) is 14.2 Å². The second kappa shape index (κ2) is 29.4. The molecule has 7 heteroatoms. The van der Waals surface area contributed by atoms with Crippen LogP contribution in [-0.2, 0) is 33.4 Å². The average Bonchev–Trinajstić information content (AvgIpc) is 3.59. The topological polar surface area (TPSA) is 96.0 Å². The molecule has 3 saturated carbocycles. The fourth-order valence-corrected chi connectivity index (χ4v) is 12.2. The summed E-state index contributed by atoms with van der Waals surface area (Å²) >= 11 is 0. The van der Waals surface area contributed by atoms with Gasteiger partial charge in [0.2, 0.25) is 0 Å². The number of hydrogen-bond acceptors (Lipinski definition) is 7. The minimum atomic E-state index is -0.832. The van der Waals surface area contributed by atoms with Crippen LogP contribution in [0.3, 0.4) is 0 Å². The average molecular weight is 867 g/mol. The van der Waals surface area contributed by atoms with E-state index in [-0.39, 0.29) is 47.9 Å². The molecular formula is C55H94O7. The Hall–Kier alpha value is -2.18. The molecule has 0 aliphatic heterocycles. The predicted molar refractivity (Wildman–Crippen MR) is 253 cm³/mol.